The number of methoxy groups -OCH3 is 2. The molecule has 3 atom stereocenters. The summed E-state index contributed by atoms with van der Waals surface area (Å²) in [7, 11) is 3.24. The lowest BCUT2D eigenvalue weighted by molar-refractivity contribution is -0.0944. The van der Waals surface area contributed by atoms with Crippen LogP contribution in [0.15, 0.2) is 94.6 Å². The topological polar surface area (TPSA) is 112 Å². The molecular formula is C35H40N2O7. The summed E-state index contributed by atoms with van der Waals surface area (Å²) >= 11 is 0. The lowest BCUT2D eigenvalue weighted by Gasteiger charge is -2.37. The molecule has 9 heteroatoms. The molecule has 1 unspecified atom stereocenters. The van der Waals surface area contributed by atoms with E-state index in [1.54, 1.807) is 20.4 Å². The van der Waals surface area contributed by atoms with Gasteiger partial charge in [-0.15, -0.1) is 0 Å². The Morgan fingerprint density at radius 3 is 2.05 bits per heavy atom. The van der Waals surface area contributed by atoms with Crippen molar-refractivity contribution >= 4 is 0 Å². The first kappa shape index (κ1) is 31.3. The van der Waals surface area contributed by atoms with Crippen molar-refractivity contribution < 1.29 is 24.1 Å². The van der Waals surface area contributed by atoms with Crippen molar-refractivity contribution in [3.8, 4) is 11.5 Å². The maximum absolute atomic E-state index is 12.8. The van der Waals surface area contributed by atoms with E-state index in [9.17, 15) is 14.7 Å². The zero-order valence-corrected chi connectivity index (χ0v) is 25.4. The highest BCUT2D eigenvalue weighted by molar-refractivity contribution is 5.49. The van der Waals surface area contributed by atoms with Crippen LogP contribution in [0.1, 0.15) is 61.1 Å². The minimum absolute atomic E-state index is 0.0199. The summed E-state index contributed by atoms with van der Waals surface area (Å²) in [6, 6.07) is 25.3. The second-order valence-electron chi connectivity index (χ2n) is 11.0. The van der Waals surface area contributed by atoms with Crippen LogP contribution in [0.4, 0.5) is 0 Å². The minimum atomic E-state index is -1.08. The van der Waals surface area contributed by atoms with Crippen molar-refractivity contribution in [2.45, 2.75) is 63.1 Å². The van der Waals surface area contributed by atoms with Crippen LogP contribution in [-0.2, 0) is 21.5 Å². The molecule has 0 aliphatic carbocycles. The van der Waals surface area contributed by atoms with E-state index < -0.39 is 29.7 Å². The molecule has 0 bridgehead atoms. The van der Waals surface area contributed by atoms with Crippen LogP contribution >= 0.6 is 0 Å². The Labute approximate surface area is 257 Å². The third-order valence-corrected chi connectivity index (χ3v) is 8.24. The van der Waals surface area contributed by atoms with Crippen LogP contribution in [-0.4, -0.2) is 47.7 Å². The van der Waals surface area contributed by atoms with Crippen molar-refractivity contribution in [3.05, 3.63) is 128 Å². The molecule has 1 aromatic heterocycles. The number of benzene rings is 3. The largest absolute Gasteiger partial charge is 0.497 e. The van der Waals surface area contributed by atoms with Crippen LogP contribution in [0.2, 0.25) is 0 Å². The van der Waals surface area contributed by atoms with Crippen molar-refractivity contribution in [2.24, 2.45) is 0 Å². The third kappa shape index (κ3) is 6.50. The van der Waals surface area contributed by atoms with Gasteiger partial charge in [0, 0.05) is 18.2 Å². The van der Waals surface area contributed by atoms with Gasteiger partial charge in [0.15, 0.2) is 0 Å². The van der Waals surface area contributed by atoms with Crippen LogP contribution in [0, 0.1) is 0 Å². The second-order valence-corrected chi connectivity index (χ2v) is 11.0. The average molecular weight is 601 g/mol. The molecule has 5 rings (SSSR count). The smallest absolute Gasteiger partial charge is 0.330 e. The molecule has 0 saturated carbocycles. The Morgan fingerprint density at radius 1 is 0.886 bits per heavy atom. The number of nitrogens with one attached hydrogen (secondary N) is 1. The van der Waals surface area contributed by atoms with Gasteiger partial charge >= 0.3 is 5.69 Å². The molecule has 1 aliphatic heterocycles. The Balaban J connectivity index is 1.48. The van der Waals surface area contributed by atoms with Crippen molar-refractivity contribution in [3.63, 3.8) is 0 Å². The molecule has 4 aromatic rings. The number of aromatic amines is 1. The number of aryl methyl sites for hydroxylation is 1. The van der Waals surface area contributed by atoms with Gasteiger partial charge in [-0.1, -0.05) is 74.4 Å². The standard InChI is InChI=1S/C35H40N2O7/c1-4-5-7-10-24-22-37(34(40)36-33(24)39)32-21-30(38)31(44-32)23-43-35(25-11-8-6-9-12-25,26-13-17-28(41-2)18-14-26)27-15-19-29(42-3)20-16-27/h6,8-9,11-20,22,30-32,38H,4-5,7,10,21,23H2,1-3H3,(H,36,39,40)/t30?,31-,32-/m0/s1. The van der Waals surface area contributed by atoms with Gasteiger partial charge in [0.05, 0.1) is 26.9 Å². The molecule has 1 fully saturated rings. The van der Waals surface area contributed by atoms with Gasteiger partial charge in [0.1, 0.15) is 29.4 Å². The molecule has 3 aromatic carbocycles. The van der Waals surface area contributed by atoms with Crippen molar-refractivity contribution in [1.29, 1.82) is 0 Å². The quantitative estimate of drug-likeness (QED) is 0.165. The molecule has 1 aliphatic rings. The highest BCUT2D eigenvalue weighted by atomic mass is 16.6. The number of rotatable bonds is 13. The number of hydrogen-bond donors (Lipinski definition) is 2. The number of aliphatic hydroxyl groups is 1. The fourth-order valence-corrected chi connectivity index (χ4v) is 5.80. The summed E-state index contributed by atoms with van der Waals surface area (Å²) < 4.78 is 25.4. The average Bonchev–Trinajstić information content (AvgIpc) is 3.43. The fourth-order valence-electron chi connectivity index (χ4n) is 5.80. The van der Waals surface area contributed by atoms with E-state index in [0.29, 0.717) is 23.5 Å². The van der Waals surface area contributed by atoms with E-state index >= 15 is 0 Å². The number of hydrogen-bond acceptors (Lipinski definition) is 7. The molecule has 0 spiro atoms. The molecule has 0 amide bonds. The Bertz CT molecular complexity index is 1570. The molecular weight excluding hydrogens is 560 g/mol. The number of nitrogens with zero attached hydrogens (tertiary/aromatic N) is 1. The number of aromatic nitrogens is 2. The molecule has 0 radical (unpaired) electrons. The number of ether oxygens (including phenoxy) is 4. The first-order valence-corrected chi connectivity index (χ1v) is 15.1. The van der Waals surface area contributed by atoms with Gasteiger partial charge in [0.2, 0.25) is 0 Å². The van der Waals surface area contributed by atoms with Crippen molar-refractivity contribution in [2.75, 3.05) is 20.8 Å². The molecule has 2 heterocycles. The Morgan fingerprint density at radius 2 is 1.48 bits per heavy atom. The Hall–Kier alpha value is -4.18. The predicted molar refractivity (Wildman–Crippen MR) is 167 cm³/mol. The van der Waals surface area contributed by atoms with Crippen LogP contribution in [0.25, 0.3) is 0 Å². The summed E-state index contributed by atoms with van der Waals surface area (Å²) in [6.45, 7) is 2.11. The van der Waals surface area contributed by atoms with Gasteiger partial charge in [0.25, 0.3) is 5.56 Å². The summed E-state index contributed by atoms with van der Waals surface area (Å²) in [5.74, 6) is 1.42. The summed E-state index contributed by atoms with van der Waals surface area (Å²) in [5.41, 5.74) is 1.09. The highest BCUT2D eigenvalue weighted by Crippen LogP contribution is 2.42. The van der Waals surface area contributed by atoms with Gasteiger partial charge in [-0.25, -0.2) is 4.79 Å². The van der Waals surface area contributed by atoms with E-state index in [2.05, 4.69) is 11.9 Å². The zero-order chi connectivity index (χ0) is 31.1. The minimum Gasteiger partial charge on any atom is -0.497 e. The lowest BCUT2D eigenvalue weighted by atomic mass is 9.80. The van der Waals surface area contributed by atoms with Gasteiger partial charge in [-0.3, -0.25) is 14.3 Å². The molecule has 2 N–H and O–H groups in total. The maximum Gasteiger partial charge on any atom is 0.330 e. The number of unbranched alkanes of at least 4 members (excludes halogenated alkanes) is 2. The number of H-pyrrole nitrogens is 1. The van der Waals surface area contributed by atoms with Gasteiger partial charge < -0.3 is 24.1 Å². The highest BCUT2D eigenvalue weighted by Gasteiger charge is 2.42. The zero-order valence-electron chi connectivity index (χ0n) is 25.4. The van der Waals surface area contributed by atoms with Crippen LogP contribution in [0.3, 0.4) is 0 Å². The summed E-state index contributed by atoms with van der Waals surface area (Å²) in [4.78, 5) is 27.6. The molecule has 44 heavy (non-hydrogen) atoms. The fraction of sp³-hybridized carbons (Fsp3) is 0.371. The molecule has 9 nitrogen and oxygen atoms in total. The SMILES string of the molecule is CCCCCc1cn([C@@H]2CC(O)[C@H](COC(c3ccccc3)(c3ccc(OC)cc3)c3ccc(OC)cc3)O2)c(=O)[nH]c1=O. The molecule has 1 saturated heterocycles. The predicted octanol–water partition coefficient (Wildman–Crippen LogP) is 4.94. The lowest BCUT2D eigenvalue weighted by Crippen LogP contribution is -2.38. The van der Waals surface area contributed by atoms with E-state index in [-0.39, 0.29) is 18.6 Å². The Kier molecular flexibility index (Phi) is 9.99. The summed E-state index contributed by atoms with van der Waals surface area (Å²) in [6.07, 6.45) is 2.79. The normalized spacial score (nSPS) is 18.3. The van der Waals surface area contributed by atoms with Crippen LogP contribution in [0.5, 0.6) is 11.5 Å². The number of aliphatic hydroxyl groups excluding tert-OH is 1. The van der Waals surface area contributed by atoms with E-state index in [1.165, 1.54) is 4.57 Å². The van der Waals surface area contributed by atoms with Gasteiger partial charge in [-0.2, -0.15) is 0 Å². The van der Waals surface area contributed by atoms with E-state index in [4.69, 9.17) is 18.9 Å². The van der Waals surface area contributed by atoms with Gasteiger partial charge in [-0.05, 0) is 53.8 Å². The maximum atomic E-state index is 12.8. The first-order valence-electron chi connectivity index (χ1n) is 15.1. The monoisotopic (exact) mass is 600 g/mol. The van der Waals surface area contributed by atoms with Crippen molar-refractivity contribution in [1.82, 2.24) is 9.55 Å². The molecule has 232 valence electrons. The van der Waals surface area contributed by atoms with Crippen LogP contribution < -0.4 is 20.7 Å². The third-order valence-electron chi connectivity index (χ3n) is 8.24. The summed E-state index contributed by atoms with van der Waals surface area (Å²) in [5, 5.41) is 11.1. The first-order chi connectivity index (χ1) is 21.4. The van der Waals surface area contributed by atoms with E-state index in [1.807, 2.05) is 78.9 Å². The van der Waals surface area contributed by atoms with E-state index in [0.717, 1.165) is 36.0 Å². The second kappa shape index (κ2) is 14.1.